The molecule has 6 heteroatoms. The van der Waals surface area contributed by atoms with Gasteiger partial charge in [-0.15, -0.1) is 0 Å². The van der Waals surface area contributed by atoms with Gasteiger partial charge in [0, 0.05) is 19.2 Å². The van der Waals surface area contributed by atoms with Crippen LogP contribution in [0, 0.1) is 3.57 Å². The summed E-state index contributed by atoms with van der Waals surface area (Å²) >= 11 is 5.67. The largest absolute Gasteiger partial charge is 0.489 e. The van der Waals surface area contributed by atoms with E-state index in [2.05, 4.69) is 43.9 Å². The monoisotopic (exact) mass is 446 g/mol. The lowest BCUT2D eigenvalue weighted by Crippen LogP contribution is -2.29. The van der Waals surface area contributed by atoms with Crippen molar-refractivity contribution in [3.05, 3.63) is 61.6 Å². The Morgan fingerprint density at radius 3 is 2.55 bits per heavy atom. The average Bonchev–Trinajstić information content (AvgIpc) is 2.46. The SMILES string of the molecule is NNC(=O)c1ccc(COc2ccc(I)cc2)c(Br)c1. The Morgan fingerprint density at radius 1 is 1.25 bits per heavy atom. The summed E-state index contributed by atoms with van der Waals surface area (Å²) in [4.78, 5) is 11.4. The van der Waals surface area contributed by atoms with Crippen LogP contribution < -0.4 is 16.0 Å². The number of rotatable bonds is 4. The first kappa shape index (κ1) is 15.3. The van der Waals surface area contributed by atoms with E-state index < -0.39 is 0 Å². The van der Waals surface area contributed by atoms with Gasteiger partial charge in [-0.1, -0.05) is 22.0 Å². The van der Waals surface area contributed by atoms with Crippen molar-refractivity contribution in [3.63, 3.8) is 0 Å². The molecule has 2 rings (SSSR count). The molecule has 1 amide bonds. The molecule has 0 aromatic heterocycles. The zero-order chi connectivity index (χ0) is 14.5. The second-order valence-corrected chi connectivity index (χ2v) is 6.12. The van der Waals surface area contributed by atoms with E-state index in [1.165, 1.54) is 0 Å². The predicted molar refractivity (Wildman–Crippen MR) is 89.3 cm³/mol. The van der Waals surface area contributed by atoms with Crippen LogP contribution in [0.3, 0.4) is 0 Å². The molecule has 0 saturated heterocycles. The number of nitrogens with one attached hydrogen (secondary N) is 1. The number of carbonyl (C=O) groups excluding carboxylic acids is 1. The maximum Gasteiger partial charge on any atom is 0.265 e. The van der Waals surface area contributed by atoms with Gasteiger partial charge >= 0.3 is 0 Å². The van der Waals surface area contributed by atoms with Gasteiger partial charge in [0.1, 0.15) is 12.4 Å². The van der Waals surface area contributed by atoms with Gasteiger partial charge in [-0.05, 0) is 59.0 Å². The van der Waals surface area contributed by atoms with Gasteiger partial charge in [-0.25, -0.2) is 5.84 Å². The van der Waals surface area contributed by atoms with Crippen molar-refractivity contribution in [1.29, 1.82) is 0 Å². The fourth-order valence-corrected chi connectivity index (χ4v) is 2.43. The van der Waals surface area contributed by atoms with Crippen molar-refractivity contribution in [1.82, 2.24) is 5.43 Å². The summed E-state index contributed by atoms with van der Waals surface area (Å²) in [5.41, 5.74) is 3.55. The lowest BCUT2D eigenvalue weighted by atomic mass is 10.1. The van der Waals surface area contributed by atoms with Gasteiger partial charge in [-0.3, -0.25) is 10.2 Å². The van der Waals surface area contributed by atoms with E-state index in [4.69, 9.17) is 10.6 Å². The summed E-state index contributed by atoms with van der Waals surface area (Å²) in [7, 11) is 0. The molecule has 0 saturated carbocycles. The van der Waals surface area contributed by atoms with Crippen LogP contribution in [0.25, 0.3) is 0 Å². The van der Waals surface area contributed by atoms with Gasteiger partial charge < -0.3 is 4.74 Å². The number of hydrogen-bond donors (Lipinski definition) is 2. The molecule has 0 radical (unpaired) electrons. The van der Waals surface area contributed by atoms with Crippen LogP contribution in [0.2, 0.25) is 0 Å². The summed E-state index contributed by atoms with van der Waals surface area (Å²) in [6.45, 7) is 0.422. The lowest BCUT2D eigenvalue weighted by molar-refractivity contribution is 0.0953. The topological polar surface area (TPSA) is 64.3 Å². The molecule has 0 spiro atoms. The van der Waals surface area contributed by atoms with Gasteiger partial charge in [0.2, 0.25) is 0 Å². The van der Waals surface area contributed by atoms with E-state index in [0.717, 1.165) is 19.4 Å². The second kappa shape index (κ2) is 7.05. The van der Waals surface area contributed by atoms with E-state index >= 15 is 0 Å². The van der Waals surface area contributed by atoms with Crippen molar-refractivity contribution in [2.24, 2.45) is 5.84 Å². The summed E-state index contributed by atoms with van der Waals surface area (Å²) in [5.74, 6) is 5.58. The quantitative estimate of drug-likeness (QED) is 0.328. The molecular weight excluding hydrogens is 435 g/mol. The third-order valence-electron chi connectivity index (χ3n) is 2.65. The number of amides is 1. The molecule has 0 fully saturated rings. The van der Waals surface area contributed by atoms with Crippen LogP contribution in [-0.4, -0.2) is 5.91 Å². The highest BCUT2D eigenvalue weighted by atomic mass is 127. The molecule has 0 heterocycles. The average molecular weight is 447 g/mol. The molecule has 4 nitrogen and oxygen atoms in total. The highest BCUT2D eigenvalue weighted by molar-refractivity contribution is 14.1. The normalized spacial score (nSPS) is 10.2. The summed E-state index contributed by atoms with van der Waals surface area (Å²) in [6.07, 6.45) is 0. The molecule has 0 atom stereocenters. The van der Waals surface area contributed by atoms with Gasteiger partial charge in [0.15, 0.2) is 0 Å². The van der Waals surface area contributed by atoms with Crippen LogP contribution in [0.4, 0.5) is 0 Å². The Labute approximate surface area is 138 Å². The minimum atomic E-state index is -0.323. The van der Waals surface area contributed by atoms with Crippen molar-refractivity contribution >= 4 is 44.4 Å². The first-order chi connectivity index (χ1) is 9.60. The minimum Gasteiger partial charge on any atom is -0.489 e. The molecule has 2 aromatic carbocycles. The van der Waals surface area contributed by atoms with E-state index in [0.29, 0.717) is 12.2 Å². The van der Waals surface area contributed by atoms with E-state index in [-0.39, 0.29) is 5.91 Å². The number of benzene rings is 2. The Balaban J connectivity index is 2.06. The van der Waals surface area contributed by atoms with Gasteiger partial charge in [-0.2, -0.15) is 0 Å². The molecule has 2 aromatic rings. The molecule has 104 valence electrons. The third kappa shape index (κ3) is 3.94. The fraction of sp³-hybridized carbons (Fsp3) is 0.0714. The van der Waals surface area contributed by atoms with Crippen LogP contribution in [0.5, 0.6) is 5.75 Å². The number of nitrogens with two attached hydrogens (primary N) is 1. The third-order valence-corrected chi connectivity index (χ3v) is 4.11. The Bertz CT molecular complexity index is 617. The first-order valence-corrected chi connectivity index (χ1v) is 7.65. The highest BCUT2D eigenvalue weighted by Crippen LogP contribution is 2.21. The van der Waals surface area contributed by atoms with E-state index in [1.54, 1.807) is 12.1 Å². The second-order valence-electron chi connectivity index (χ2n) is 4.02. The van der Waals surface area contributed by atoms with Gasteiger partial charge in [0.25, 0.3) is 5.91 Å². The van der Waals surface area contributed by atoms with Crippen molar-refractivity contribution in [2.75, 3.05) is 0 Å². The molecule has 0 bridgehead atoms. The maximum atomic E-state index is 11.4. The molecular formula is C14H12BrIN2O2. The molecule has 0 aliphatic rings. The Morgan fingerprint density at radius 2 is 1.95 bits per heavy atom. The number of nitrogen functional groups attached to an aromatic ring is 1. The molecule has 3 N–H and O–H groups in total. The van der Waals surface area contributed by atoms with Crippen molar-refractivity contribution in [3.8, 4) is 5.75 Å². The molecule has 20 heavy (non-hydrogen) atoms. The number of halogens is 2. The van der Waals surface area contributed by atoms with Crippen LogP contribution >= 0.6 is 38.5 Å². The lowest BCUT2D eigenvalue weighted by Gasteiger charge is -2.09. The zero-order valence-corrected chi connectivity index (χ0v) is 14.1. The molecule has 0 aliphatic heterocycles. The number of hydrazine groups is 1. The van der Waals surface area contributed by atoms with Gasteiger partial charge in [0.05, 0.1) is 0 Å². The number of ether oxygens (including phenoxy) is 1. The fourth-order valence-electron chi connectivity index (χ4n) is 1.58. The summed E-state index contributed by atoms with van der Waals surface area (Å²) in [5, 5.41) is 0. The first-order valence-electron chi connectivity index (χ1n) is 5.78. The highest BCUT2D eigenvalue weighted by Gasteiger charge is 2.07. The van der Waals surface area contributed by atoms with Crippen LogP contribution in [0.1, 0.15) is 15.9 Å². The Hall–Kier alpha value is -1.12. The zero-order valence-electron chi connectivity index (χ0n) is 10.4. The molecule has 0 unspecified atom stereocenters. The summed E-state index contributed by atoms with van der Waals surface area (Å²) < 4.78 is 7.67. The Kier molecular flexibility index (Phi) is 5.38. The van der Waals surface area contributed by atoms with E-state index in [1.807, 2.05) is 30.3 Å². The number of carbonyl (C=O) groups is 1. The van der Waals surface area contributed by atoms with Crippen LogP contribution in [-0.2, 0) is 6.61 Å². The number of hydrogen-bond acceptors (Lipinski definition) is 3. The predicted octanol–water partition coefficient (Wildman–Crippen LogP) is 3.24. The smallest absolute Gasteiger partial charge is 0.265 e. The minimum absolute atomic E-state index is 0.323. The standard InChI is InChI=1S/C14H12BrIN2O2/c15-13-7-9(14(19)18-17)1-2-10(13)8-20-12-5-3-11(16)4-6-12/h1-7H,8,17H2,(H,18,19). The van der Waals surface area contributed by atoms with Crippen LogP contribution in [0.15, 0.2) is 46.9 Å². The van der Waals surface area contributed by atoms with Crippen molar-refractivity contribution < 1.29 is 9.53 Å². The summed E-state index contributed by atoms with van der Waals surface area (Å²) in [6, 6.07) is 13.1. The van der Waals surface area contributed by atoms with E-state index in [9.17, 15) is 4.79 Å². The molecule has 0 aliphatic carbocycles. The maximum absolute atomic E-state index is 11.4. The van der Waals surface area contributed by atoms with Crippen molar-refractivity contribution in [2.45, 2.75) is 6.61 Å².